The van der Waals surface area contributed by atoms with Gasteiger partial charge in [0.2, 0.25) is 0 Å². The number of pyridine rings is 1. The molecule has 0 spiro atoms. The smallest absolute Gasteiger partial charge is 0.271 e. The van der Waals surface area contributed by atoms with Gasteiger partial charge in [-0.25, -0.2) is 9.97 Å². The molecule has 3 rings (SSSR count). The number of hydrogen-bond acceptors (Lipinski definition) is 5. The molecule has 3 N–H and O–H groups in total. The average molecular weight is 370 g/mol. The summed E-state index contributed by atoms with van der Waals surface area (Å²) in [6.45, 7) is 1.86. The number of halogens is 1. The van der Waals surface area contributed by atoms with Gasteiger partial charge in [0.1, 0.15) is 0 Å². The Morgan fingerprint density at radius 3 is 2.54 bits per heavy atom. The van der Waals surface area contributed by atoms with E-state index >= 15 is 0 Å². The molecule has 0 saturated carbocycles. The van der Waals surface area contributed by atoms with Gasteiger partial charge in [0.25, 0.3) is 11.5 Å². The van der Waals surface area contributed by atoms with Crippen LogP contribution in [-0.2, 0) is 6.42 Å². The van der Waals surface area contributed by atoms with E-state index in [0.717, 1.165) is 0 Å². The van der Waals surface area contributed by atoms with E-state index in [1.165, 1.54) is 10.6 Å². The van der Waals surface area contributed by atoms with E-state index in [2.05, 4.69) is 15.3 Å². The van der Waals surface area contributed by atoms with Crippen molar-refractivity contribution in [2.75, 3.05) is 5.32 Å². The lowest BCUT2D eigenvalue weighted by Crippen LogP contribution is -2.18. The molecule has 8 heteroatoms. The van der Waals surface area contributed by atoms with Crippen LogP contribution in [-0.4, -0.2) is 20.4 Å². The van der Waals surface area contributed by atoms with Crippen LogP contribution < -0.4 is 16.6 Å². The van der Waals surface area contributed by atoms with Crippen LogP contribution in [0.2, 0.25) is 5.15 Å². The summed E-state index contributed by atoms with van der Waals surface area (Å²) < 4.78 is 1.52. The summed E-state index contributed by atoms with van der Waals surface area (Å²) in [6.07, 6.45) is 2.22. The Morgan fingerprint density at radius 1 is 1.19 bits per heavy atom. The molecule has 0 atom stereocenters. The Labute approximate surface area is 154 Å². The monoisotopic (exact) mass is 369 g/mol. The minimum atomic E-state index is -0.696. The molecule has 132 valence electrons. The van der Waals surface area contributed by atoms with Crippen LogP contribution in [0.4, 0.5) is 11.5 Å². The number of anilines is 2. The number of rotatable bonds is 5. The van der Waals surface area contributed by atoms with Crippen molar-refractivity contribution < 1.29 is 4.79 Å². The highest BCUT2D eigenvalue weighted by molar-refractivity contribution is 6.30. The maximum absolute atomic E-state index is 11.9. The molecule has 0 aliphatic carbocycles. The molecule has 26 heavy (non-hydrogen) atoms. The van der Waals surface area contributed by atoms with Gasteiger partial charge in [-0.3, -0.25) is 14.2 Å². The van der Waals surface area contributed by atoms with Crippen molar-refractivity contribution in [2.45, 2.75) is 13.3 Å². The number of aromatic nitrogens is 3. The lowest BCUT2D eigenvalue weighted by Gasteiger charge is -2.12. The third kappa shape index (κ3) is 3.57. The Kier molecular flexibility index (Phi) is 4.99. The van der Waals surface area contributed by atoms with Crippen molar-refractivity contribution in [3.8, 4) is 5.69 Å². The molecule has 0 unspecified atom stereocenters. The van der Waals surface area contributed by atoms with Crippen molar-refractivity contribution in [3.63, 3.8) is 0 Å². The predicted molar refractivity (Wildman–Crippen MR) is 100 cm³/mol. The largest absolute Gasteiger partial charge is 0.364 e. The molecular formula is C18H16ClN5O2. The Bertz CT molecular complexity index is 1010. The predicted octanol–water partition coefficient (Wildman–Crippen LogP) is 2.69. The van der Waals surface area contributed by atoms with E-state index in [9.17, 15) is 9.59 Å². The van der Waals surface area contributed by atoms with Crippen molar-refractivity contribution in [1.29, 1.82) is 0 Å². The second-order valence-corrected chi connectivity index (χ2v) is 5.81. The first-order valence-corrected chi connectivity index (χ1v) is 8.28. The summed E-state index contributed by atoms with van der Waals surface area (Å²) in [5.41, 5.74) is 7.15. The highest BCUT2D eigenvalue weighted by Crippen LogP contribution is 2.23. The molecular weight excluding hydrogens is 354 g/mol. The number of benzene rings is 1. The summed E-state index contributed by atoms with van der Waals surface area (Å²) >= 11 is 6.09. The van der Waals surface area contributed by atoms with Gasteiger partial charge in [-0.1, -0.05) is 24.6 Å². The number of nitrogens with two attached hydrogens (primary N) is 1. The lowest BCUT2D eigenvalue weighted by atomic mass is 10.2. The van der Waals surface area contributed by atoms with Crippen molar-refractivity contribution >= 4 is 29.0 Å². The van der Waals surface area contributed by atoms with E-state index in [0.29, 0.717) is 23.5 Å². The maximum atomic E-state index is 11.9. The Hall–Kier alpha value is -3.19. The molecule has 1 aromatic carbocycles. The summed E-state index contributed by atoms with van der Waals surface area (Å²) in [4.78, 5) is 31.9. The summed E-state index contributed by atoms with van der Waals surface area (Å²) in [7, 11) is 0. The van der Waals surface area contributed by atoms with E-state index in [1.54, 1.807) is 42.6 Å². The first-order chi connectivity index (χ1) is 12.5. The fourth-order valence-electron chi connectivity index (χ4n) is 2.42. The van der Waals surface area contributed by atoms with E-state index in [4.69, 9.17) is 17.3 Å². The van der Waals surface area contributed by atoms with Crippen LogP contribution in [0.25, 0.3) is 5.69 Å². The van der Waals surface area contributed by atoms with Gasteiger partial charge < -0.3 is 11.1 Å². The topological polar surface area (TPSA) is 103 Å². The number of hydrogen-bond donors (Lipinski definition) is 2. The van der Waals surface area contributed by atoms with Gasteiger partial charge in [0, 0.05) is 23.6 Å². The van der Waals surface area contributed by atoms with Crippen LogP contribution >= 0.6 is 11.6 Å². The molecule has 3 aromatic rings. The van der Waals surface area contributed by atoms with Gasteiger partial charge in [-0.2, -0.15) is 0 Å². The zero-order valence-corrected chi connectivity index (χ0v) is 14.7. The molecule has 0 radical (unpaired) electrons. The normalized spacial score (nSPS) is 10.5. The van der Waals surface area contributed by atoms with Crippen molar-refractivity contribution in [3.05, 3.63) is 75.6 Å². The molecule has 1 amide bonds. The second kappa shape index (κ2) is 7.37. The van der Waals surface area contributed by atoms with E-state index < -0.39 is 5.91 Å². The van der Waals surface area contributed by atoms with Crippen LogP contribution in [0.5, 0.6) is 0 Å². The lowest BCUT2D eigenvalue weighted by molar-refractivity contribution is 0.0996. The number of amides is 1. The van der Waals surface area contributed by atoms with Crippen LogP contribution in [0, 0.1) is 0 Å². The molecule has 2 heterocycles. The molecule has 0 aliphatic heterocycles. The number of primary amides is 1. The Balaban J connectivity index is 1.93. The second-order valence-electron chi connectivity index (χ2n) is 5.46. The highest BCUT2D eigenvalue weighted by atomic mass is 35.5. The molecule has 0 bridgehead atoms. The fraction of sp³-hybridized carbons (Fsp3) is 0.111. The quantitative estimate of drug-likeness (QED) is 0.719. The van der Waals surface area contributed by atoms with E-state index in [-0.39, 0.29) is 22.2 Å². The van der Waals surface area contributed by atoms with E-state index in [1.807, 2.05) is 6.92 Å². The number of nitrogens with one attached hydrogen (secondary N) is 1. The fourth-order valence-corrected chi connectivity index (χ4v) is 2.68. The third-order valence-corrected chi connectivity index (χ3v) is 4.02. The number of carbonyl (C=O) groups is 1. The SMILES string of the molecule is CCc1nc(C(N)=O)c(Nc2ccc(-n3ccccc3=O)cc2)nc1Cl. The summed E-state index contributed by atoms with van der Waals surface area (Å²) in [5.74, 6) is -0.511. The summed E-state index contributed by atoms with van der Waals surface area (Å²) in [6, 6.07) is 12.0. The zero-order valence-electron chi connectivity index (χ0n) is 13.9. The van der Waals surface area contributed by atoms with Crippen LogP contribution in [0.1, 0.15) is 23.1 Å². The maximum Gasteiger partial charge on any atom is 0.271 e. The van der Waals surface area contributed by atoms with Crippen LogP contribution in [0.15, 0.2) is 53.5 Å². The van der Waals surface area contributed by atoms with Gasteiger partial charge in [-0.15, -0.1) is 0 Å². The molecule has 0 saturated heterocycles. The van der Waals surface area contributed by atoms with Gasteiger partial charge >= 0.3 is 0 Å². The number of carbonyl (C=O) groups excluding carboxylic acids is 1. The van der Waals surface area contributed by atoms with Gasteiger partial charge in [-0.05, 0) is 36.8 Å². The summed E-state index contributed by atoms with van der Waals surface area (Å²) in [5, 5.41) is 3.21. The molecule has 7 nitrogen and oxygen atoms in total. The molecule has 2 aromatic heterocycles. The van der Waals surface area contributed by atoms with Crippen molar-refractivity contribution in [2.24, 2.45) is 5.73 Å². The first-order valence-electron chi connectivity index (χ1n) is 7.91. The Morgan fingerprint density at radius 2 is 1.92 bits per heavy atom. The zero-order chi connectivity index (χ0) is 18.7. The minimum Gasteiger partial charge on any atom is -0.364 e. The molecule has 0 aliphatic rings. The van der Waals surface area contributed by atoms with Gasteiger partial charge in [0.05, 0.1) is 5.69 Å². The van der Waals surface area contributed by atoms with Crippen molar-refractivity contribution in [1.82, 2.24) is 14.5 Å². The highest BCUT2D eigenvalue weighted by Gasteiger charge is 2.16. The number of nitrogens with zero attached hydrogens (tertiary/aromatic N) is 3. The standard InChI is InChI=1S/C18H16ClN5O2/c1-2-13-16(19)23-18(15(22-13)17(20)26)21-11-6-8-12(9-7-11)24-10-4-3-5-14(24)25/h3-10H,2H2,1H3,(H2,20,26)(H,21,23). The molecule has 0 fully saturated rings. The van der Waals surface area contributed by atoms with Gasteiger partial charge in [0.15, 0.2) is 16.7 Å². The van der Waals surface area contributed by atoms with Crippen LogP contribution in [0.3, 0.4) is 0 Å². The first kappa shape index (κ1) is 17.6. The number of aryl methyl sites for hydroxylation is 1. The minimum absolute atomic E-state index is 0.0228. The average Bonchev–Trinajstić information content (AvgIpc) is 2.63. The third-order valence-electron chi connectivity index (χ3n) is 3.72.